The summed E-state index contributed by atoms with van der Waals surface area (Å²) in [5, 5.41) is 0. The van der Waals surface area contributed by atoms with Crippen molar-refractivity contribution in [3.8, 4) is 0 Å². The van der Waals surface area contributed by atoms with Gasteiger partial charge in [-0.2, -0.15) is 0 Å². The van der Waals surface area contributed by atoms with E-state index in [9.17, 15) is 17.2 Å². The van der Waals surface area contributed by atoms with Crippen LogP contribution >= 0.6 is 0 Å². The summed E-state index contributed by atoms with van der Waals surface area (Å²) in [5.74, 6) is -1.86. The Morgan fingerprint density at radius 2 is 1.76 bits per heavy atom. The third kappa shape index (κ3) is 2.97. The molecule has 112 valence electrons. The van der Waals surface area contributed by atoms with Crippen LogP contribution in [0.25, 0.3) is 0 Å². The number of halogens is 2. The first-order valence-electron chi connectivity index (χ1n) is 6.06. The number of anilines is 2. The van der Waals surface area contributed by atoms with Gasteiger partial charge in [0.15, 0.2) is 0 Å². The highest BCUT2D eigenvalue weighted by atomic mass is 32.2. The van der Waals surface area contributed by atoms with Gasteiger partial charge in [-0.05, 0) is 49.2 Å². The molecule has 3 N–H and O–H groups in total. The molecule has 7 heteroatoms. The minimum Gasteiger partial charge on any atom is -0.398 e. The van der Waals surface area contributed by atoms with Gasteiger partial charge in [-0.3, -0.25) is 4.72 Å². The van der Waals surface area contributed by atoms with Crippen molar-refractivity contribution in [1.29, 1.82) is 0 Å². The van der Waals surface area contributed by atoms with Gasteiger partial charge >= 0.3 is 0 Å². The van der Waals surface area contributed by atoms with Crippen LogP contribution in [-0.2, 0) is 10.0 Å². The van der Waals surface area contributed by atoms with E-state index in [1.807, 2.05) is 0 Å². The van der Waals surface area contributed by atoms with Crippen LogP contribution in [0.15, 0.2) is 35.2 Å². The van der Waals surface area contributed by atoms with Crippen LogP contribution in [0.2, 0.25) is 0 Å². The van der Waals surface area contributed by atoms with E-state index in [-0.39, 0.29) is 5.69 Å². The Labute approximate surface area is 121 Å². The summed E-state index contributed by atoms with van der Waals surface area (Å²) in [6.45, 7) is 3.33. The maximum Gasteiger partial charge on any atom is 0.264 e. The molecule has 0 fully saturated rings. The molecular formula is C14H14F2N2O2S. The van der Waals surface area contributed by atoms with E-state index < -0.39 is 26.6 Å². The lowest BCUT2D eigenvalue weighted by atomic mass is 10.1. The molecule has 0 aliphatic rings. The molecule has 0 saturated carbocycles. The van der Waals surface area contributed by atoms with Gasteiger partial charge in [0, 0.05) is 5.69 Å². The second kappa shape index (κ2) is 5.33. The Kier molecular flexibility index (Phi) is 3.87. The second-order valence-electron chi connectivity index (χ2n) is 4.65. The number of nitrogens with two attached hydrogens (primary N) is 1. The van der Waals surface area contributed by atoms with Crippen molar-refractivity contribution in [1.82, 2.24) is 0 Å². The van der Waals surface area contributed by atoms with Gasteiger partial charge in [0.1, 0.15) is 16.5 Å². The van der Waals surface area contributed by atoms with Gasteiger partial charge in [0.2, 0.25) is 0 Å². The summed E-state index contributed by atoms with van der Waals surface area (Å²) in [6, 6.07) is 5.54. The molecule has 21 heavy (non-hydrogen) atoms. The van der Waals surface area contributed by atoms with E-state index in [2.05, 4.69) is 4.72 Å². The summed E-state index contributed by atoms with van der Waals surface area (Å²) in [4.78, 5) is -0.747. The fraction of sp³-hybridized carbons (Fsp3) is 0.143. The maximum atomic E-state index is 13.6. The van der Waals surface area contributed by atoms with Crippen LogP contribution in [0.4, 0.5) is 20.2 Å². The quantitative estimate of drug-likeness (QED) is 0.856. The van der Waals surface area contributed by atoms with Crippen LogP contribution in [0.5, 0.6) is 0 Å². The monoisotopic (exact) mass is 312 g/mol. The Morgan fingerprint density at radius 1 is 1.10 bits per heavy atom. The molecule has 0 atom stereocenters. The van der Waals surface area contributed by atoms with E-state index >= 15 is 0 Å². The molecule has 2 aromatic rings. The summed E-state index contributed by atoms with van der Waals surface area (Å²) in [5.41, 5.74) is 7.55. The van der Waals surface area contributed by atoms with E-state index in [4.69, 9.17) is 5.73 Å². The van der Waals surface area contributed by atoms with Crippen molar-refractivity contribution in [2.45, 2.75) is 18.7 Å². The van der Waals surface area contributed by atoms with Crippen LogP contribution in [0, 0.1) is 25.5 Å². The lowest BCUT2D eigenvalue weighted by molar-refractivity contribution is 0.555. The van der Waals surface area contributed by atoms with Gasteiger partial charge in [0.05, 0.1) is 5.69 Å². The molecular weight excluding hydrogens is 298 g/mol. The summed E-state index contributed by atoms with van der Waals surface area (Å²) in [7, 11) is -4.25. The maximum absolute atomic E-state index is 13.6. The minimum atomic E-state index is -4.25. The number of sulfonamides is 1. The van der Waals surface area contributed by atoms with Gasteiger partial charge in [-0.25, -0.2) is 17.2 Å². The lowest BCUT2D eigenvalue weighted by Gasteiger charge is -2.15. The van der Waals surface area contributed by atoms with Gasteiger partial charge in [0.25, 0.3) is 10.0 Å². The van der Waals surface area contributed by atoms with E-state index in [0.29, 0.717) is 22.9 Å². The van der Waals surface area contributed by atoms with E-state index in [0.717, 1.165) is 12.1 Å². The Balaban J connectivity index is 2.53. The molecule has 0 radical (unpaired) electrons. The normalized spacial score (nSPS) is 11.4. The second-order valence-corrected chi connectivity index (χ2v) is 6.30. The number of nitrogens with one attached hydrogen (secondary N) is 1. The zero-order valence-corrected chi connectivity index (χ0v) is 12.3. The van der Waals surface area contributed by atoms with Gasteiger partial charge in [-0.1, -0.05) is 6.07 Å². The highest BCUT2D eigenvalue weighted by Crippen LogP contribution is 2.28. The van der Waals surface area contributed by atoms with Crippen molar-refractivity contribution >= 4 is 21.4 Å². The molecule has 0 amide bonds. The van der Waals surface area contributed by atoms with E-state index in [1.54, 1.807) is 26.0 Å². The average molecular weight is 312 g/mol. The lowest BCUT2D eigenvalue weighted by Crippen LogP contribution is -2.17. The average Bonchev–Trinajstić information content (AvgIpc) is 2.42. The fourth-order valence-electron chi connectivity index (χ4n) is 1.89. The number of hydrogen-bond acceptors (Lipinski definition) is 3. The predicted molar refractivity (Wildman–Crippen MR) is 77.5 cm³/mol. The third-order valence-corrected chi connectivity index (χ3v) is 4.50. The fourth-order valence-corrected chi connectivity index (χ4v) is 3.18. The third-order valence-electron chi connectivity index (χ3n) is 3.13. The number of hydrogen-bond donors (Lipinski definition) is 2. The Hall–Kier alpha value is -2.15. The van der Waals surface area contributed by atoms with Crippen molar-refractivity contribution < 1.29 is 17.2 Å². The molecule has 0 spiro atoms. The van der Waals surface area contributed by atoms with Crippen molar-refractivity contribution in [2.24, 2.45) is 0 Å². The zero-order valence-electron chi connectivity index (χ0n) is 11.4. The van der Waals surface area contributed by atoms with Crippen LogP contribution in [0.1, 0.15) is 11.1 Å². The molecule has 0 saturated heterocycles. The molecule has 0 aromatic heterocycles. The summed E-state index contributed by atoms with van der Waals surface area (Å²) >= 11 is 0. The zero-order chi connectivity index (χ0) is 15.8. The topological polar surface area (TPSA) is 72.2 Å². The summed E-state index contributed by atoms with van der Waals surface area (Å²) < 4.78 is 53.5. The minimum absolute atomic E-state index is 0.263. The predicted octanol–water partition coefficient (Wildman–Crippen LogP) is 2.96. The molecule has 2 aromatic carbocycles. The van der Waals surface area contributed by atoms with Crippen molar-refractivity contribution in [3.05, 3.63) is 53.1 Å². The standard InChI is InChI=1S/C14H14F2N2O2S/c1-8-3-6-12(17)9(2)14(8)18-21(19,20)13-7-10(15)4-5-11(13)16/h3-7,18H,17H2,1-2H3. The van der Waals surface area contributed by atoms with E-state index in [1.165, 1.54) is 0 Å². The largest absolute Gasteiger partial charge is 0.398 e. The highest BCUT2D eigenvalue weighted by Gasteiger charge is 2.22. The molecule has 0 aliphatic heterocycles. The molecule has 4 nitrogen and oxygen atoms in total. The number of rotatable bonds is 3. The first-order chi connectivity index (χ1) is 9.72. The molecule has 0 bridgehead atoms. The highest BCUT2D eigenvalue weighted by molar-refractivity contribution is 7.92. The van der Waals surface area contributed by atoms with Crippen LogP contribution in [0.3, 0.4) is 0 Å². The SMILES string of the molecule is Cc1ccc(N)c(C)c1NS(=O)(=O)c1cc(F)ccc1F. The van der Waals surface area contributed by atoms with Crippen molar-refractivity contribution in [3.63, 3.8) is 0 Å². The van der Waals surface area contributed by atoms with Crippen LogP contribution < -0.4 is 10.5 Å². The smallest absolute Gasteiger partial charge is 0.264 e. The molecule has 0 aliphatic carbocycles. The Bertz CT molecular complexity index is 805. The van der Waals surface area contributed by atoms with Crippen LogP contribution in [-0.4, -0.2) is 8.42 Å². The molecule has 0 unspecified atom stereocenters. The number of benzene rings is 2. The first-order valence-corrected chi connectivity index (χ1v) is 7.54. The number of nitrogen functional groups attached to an aromatic ring is 1. The van der Waals surface area contributed by atoms with Crippen molar-refractivity contribution in [2.75, 3.05) is 10.5 Å². The Morgan fingerprint density at radius 3 is 2.43 bits per heavy atom. The molecule has 0 heterocycles. The van der Waals surface area contributed by atoms with Gasteiger partial charge < -0.3 is 5.73 Å². The molecule has 2 rings (SSSR count). The summed E-state index contributed by atoms with van der Waals surface area (Å²) in [6.07, 6.45) is 0. The first kappa shape index (κ1) is 15.2. The van der Waals surface area contributed by atoms with Gasteiger partial charge in [-0.15, -0.1) is 0 Å². The number of aryl methyl sites for hydroxylation is 1.